The van der Waals surface area contributed by atoms with Crippen LogP contribution in [0, 0.1) is 5.92 Å². The molecule has 3 rings (SSSR count). The maximum atomic E-state index is 10.4. The van der Waals surface area contributed by atoms with Crippen LogP contribution in [0.3, 0.4) is 0 Å². The first-order valence-corrected chi connectivity index (χ1v) is 7.80. The maximum absolute atomic E-state index is 10.4. The van der Waals surface area contributed by atoms with Gasteiger partial charge >= 0.3 is 0 Å². The smallest absolute Gasteiger partial charge is 0.129 e. The predicted octanol–water partition coefficient (Wildman–Crippen LogP) is 3.85. The van der Waals surface area contributed by atoms with Gasteiger partial charge in [-0.05, 0) is 30.9 Å². The fraction of sp³-hybridized carbons (Fsp3) is 0.647. The molecule has 2 aliphatic rings. The Kier molecular flexibility index (Phi) is 4.16. The lowest BCUT2D eigenvalue weighted by Gasteiger charge is -2.34. The standard InChI is InChI=1S/C17H24O3/c1-19-13-8-9-14-15(18)11-16(20-17(14)10-13)12-6-4-2-3-5-7-12/h8-10,12,15-16,18H,2-7,11H2,1H3/t15-,16?/m1/s1. The van der Waals surface area contributed by atoms with Gasteiger partial charge in [-0.1, -0.05) is 25.7 Å². The van der Waals surface area contributed by atoms with E-state index in [0.29, 0.717) is 5.92 Å². The van der Waals surface area contributed by atoms with Crippen LogP contribution in [0.15, 0.2) is 18.2 Å². The number of aliphatic hydroxyl groups is 1. The summed E-state index contributed by atoms with van der Waals surface area (Å²) >= 11 is 0. The molecule has 20 heavy (non-hydrogen) atoms. The topological polar surface area (TPSA) is 38.7 Å². The maximum Gasteiger partial charge on any atom is 0.129 e. The third-order valence-corrected chi connectivity index (χ3v) is 4.74. The van der Waals surface area contributed by atoms with Crippen LogP contribution in [0.1, 0.15) is 56.6 Å². The molecule has 1 N–H and O–H groups in total. The van der Waals surface area contributed by atoms with E-state index in [1.165, 1.54) is 38.5 Å². The molecular formula is C17H24O3. The normalized spacial score (nSPS) is 27.3. The molecule has 3 nitrogen and oxygen atoms in total. The minimum Gasteiger partial charge on any atom is -0.497 e. The Morgan fingerprint density at radius 3 is 2.60 bits per heavy atom. The summed E-state index contributed by atoms with van der Waals surface area (Å²) in [6.07, 6.45) is 8.22. The minimum atomic E-state index is -0.405. The molecule has 3 heteroatoms. The monoisotopic (exact) mass is 276 g/mol. The van der Waals surface area contributed by atoms with Crippen molar-refractivity contribution in [2.75, 3.05) is 7.11 Å². The Labute approximate surface area is 120 Å². The van der Waals surface area contributed by atoms with Gasteiger partial charge in [-0.15, -0.1) is 0 Å². The fourth-order valence-corrected chi connectivity index (χ4v) is 3.55. The second-order valence-electron chi connectivity index (χ2n) is 6.06. The third kappa shape index (κ3) is 2.78. The molecule has 0 bridgehead atoms. The Hall–Kier alpha value is -1.22. The van der Waals surface area contributed by atoms with Crippen molar-refractivity contribution in [2.24, 2.45) is 5.92 Å². The van der Waals surface area contributed by atoms with Gasteiger partial charge in [-0.25, -0.2) is 0 Å². The highest BCUT2D eigenvalue weighted by atomic mass is 16.5. The van der Waals surface area contributed by atoms with E-state index >= 15 is 0 Å². The van der Waals surface area contributed by atoms with Gasteiger partial charge in [0, 0.05) is 18.1 Å². The molecule has 0 spiro atoms. The van der Waals surface area contributed by atoms with Gasteiger partial charge in [0.25, 0.3) is 0 Å². The molecule has 1 unspecified atom stereocenters. The minimum absolute atomic E-state index is 0.155. The lowest BCUT2D eigenvalue weighted by molar-refractivity contribution is 0.0295. The van der Waals surface area contributed by atoms with E-state index in [0.717, 1.165) is 23.5 Å². The van der Waals surface area contributed by atoms with Crippen molar-refractivity contribution in [3.05, 3.63) is 23.8 Å². The van der Waals surface area contributed by atoms with Gasteiger partial charge < -0.3 is 14.6 Å². The van der Waals surface area contributed by atoms with Crippen LogP contribution in [-0.2, 0) is 0 Å². The summed E-state index contributed by atoms with van der Waals surface area (Å²) in [7, 11) is 1.66. The number of rotatable bonds is 2. The first-order chi connectivity index (χ1) is 9.78. The first kappa shape index (κ1) is 13.7. The van der Waals surface area contributed by atoms with E-state index in [1.54, 1.807) is 7.11 Å². The van der Waals surface area contributed by atoms with Gasteiger partial charge in [0.05, 0.1) is 13.2 Å². The van der Waals surface area contributed by atoms with Crippen LogP contribution in [0.2, 0.25) is 0 Å². The third-order valence-electron chi connectivity index (χ3n) is 4.74. The molecule has 0 radical (unpaired) electrons. The van der Waals surface area contributed by atoms with Crippen molar-refractivity contribution >= 4 is 0 Å². The van der Waals surface area contributed by atoms with Gasteiger partial charge in [0.2, 0.25) is 0 Å². The van der Waals surface area contributed by atoms with E-state index in [4.69, 9.17) is 9.47 Å². The van der Waals surface area contributed by atoms with Gasteiger partial charge in [0.1, 0.15) is 17.6 Å². The summed E-state index contributed by atoms with van der Waals surface area (Å²) < 4.78 is 11.5. The molecule has 0 amide bonds. The number of aliphatic hydroxyl groups excluding tert-OH is 1. The van der Waals surface area contributed by atoms with Gasteiger partial charge in [-0.2, -0.15) is 0 Å². The summed E-state index contributed by atoms with van der Waals surface area (Å²) in [4.78, 5) is 0. The van der Waals surface area contributed by atoms with E-state index in [2.05, 4.69) is 0 Å². The van der Waals surface area contributed by atoms with Crippen molar-refractivity contribution < 1.29 is 14.6 Å². The highest BCUT2D eigenvalue weighted by Gasteiger charge is 2.32. The largest absolute Gasteiger partial charge is 0.497 e. The van der Waals surface area contributed by atoms with Crippen molar-refractivity contribution in [3.8, 4) is 11.5 Å². The van der Waals surface area contributed by atoms with Crippen LogP contribution in [0.4, 0.5) is 0 Å². The predicted molar refractivity (Wildman–Crippen MR) is 78.2 cm³/mol. The average molecular weight is 276 g/mol. The lowest BCUT2D eigenvalue weighted by atomic mass is 9.87. The number of benzene rings is 1. The van der Waals surface area contributed by atoms with E-state index in [1.807, 2.05) is 18.2 Å². The van der Waals surface area contributed by atoms with Crippen LogP contribution in [0.25, 0.3) is 0 Å². The quantitative estimate of drug-likeness (QED) is 0.834. The summed E-state index contributed by atoms with van der Waals surface area (Å²) in [5, 5.41) is 10.4. The summed E-state index contributed by atoms with van der Waals surface area (Å²) in [6.45, 7) is 0. The molecule has 0 aromatic heterocycles. The molecule has 1 saturated carbocycles. The van der Waals surface area contributed by atoms with Crippen LogP contribution >= 0.6 is 0 Å². The molecular weight excluding hydrogens is 252 g/mol. The molecule has 1 heterocycles. The molecule has 1 fully saturated rings. The van der Waals surface area contributed by atoms with Crippen molar-refractivity contribution in [1.29, 1.82) is 0 Å². The first-order valence-electron chi connectivity index (χ1n) is 7.80. The highest BCUT2D eigenvalue weighted by Crippen LogP contribution is 2.41. The second kappa shape index (κ2) is 6.04. The van der Waals surface area contributed by atoms with Crippen molar-refractivity contribution in [1.82, 2.24) is 0 Å². The zero-order chi connectivity index (χ0) is 13.9. The van der Waals surface area contributed by atoms with Crippen LogP contribution in [-0.4, -0.2) is 18.3 Å². The van der Waals surface area contributed by atoms with E-state index in [-0.39, 0.29) is 6.10 Å². The Morgan fingerprint density at radius 1 is 1.15 bits per heavy atom. The molecule has 110 valence electrons. The summed E-state index contributed by atoms with van der Waals surface area (Å²) in [5.74, 6) is 2.18. The number of ether oxygens (including phenoxy) is 2. The Bertz CT molecular complexity index is 450. The van der Waals surface area contributed by atoms with E-state index in [9.17, 15) is 5.11 Å². The van der Waals surface area contributed by atoms with Gasteiger partial charge in [0.15, 0.2) is 0 Å². The number of hydrogen-bond donors (Lipinski definition) is 1. The number of hydrogen-bond acceptors (Lipinski definition) is 3. The molecule has 1 aromatic rings. The lowest BCUT2D eigenvalue weighted by Crippen LogP contribution is -2.32. The molecule has 0 saturated heterocycles. The second-order valence-corrected chi connectivity index (χ2v) is 6.06. The molecule has 2 atom stereocenters. The SMILES string of the molecule is COc1ccc2c(c1)OC(C1CCCCCC1)C[C@H]2O. The zero-order valence-electron chi connectivity index (χ0n) is 12.2. The number of fused-ring (bicyclic) bond motifs is 1. The van der Waals surface area contributed by atoms with Crippen molar-refractivity contribution in [3.63, 3.8) is 0 Å². The van der Waals surface area contributed by atoms with Crippen LogP contribution in [0.5, 0.6) is 11.5 Å². The Balaban J connectivity index is 1.79. The van der Waals surface area contributed by atoms with Crippen molar-refractivity contribution in [2.45, 2.75) is 57.2 Å². The molecule has 1 aliphatic heterocycles. The Morgan fingerprint density at radius 2 is 1.90 bits per heavy atom. The zero-order valence-corrected chi connectivity index (χ0v) is 12.2. The van der Waals surface area contributed by atoms with Gasteiger partial charge in [-0.3, -0.25) is 0 Å². The van der Waals surface area contributed by atoms with E-state index < -0.39 is 6.10 Å². The van der Waals surface area contributed by atoms with Crippen LogP contribution < -0.4 is 9.47 Å². The average Bonchev–Trinajstić information content (AvgIpc) is 2.75. The highest BCUT2D eigenvalue weighted by molar-refractivity contribution is 5.43. The number of methoxy groups -OCH3 is 1. The molecule has 1 aliphatic carbocycles. The summed E-state index contributed by atoms with van der Waals surface area (Å²) in [6, 6.07) is 5.71. The molecule has 1 aromatic carbocycles. The fourth-order valence-electron chi connectivity index (χ4n) is 3.55. The summed E-state index contributed by atoms with van der Waals surface area (Å²) in [5.41, 5.74) is 0.899.